The Bertz CT molecular complexity index is 543. The number of pyridine rings is 1. The molecular formula is C13H17BrN4. The van der Waals surface area contributed by atoms with Gasteiger partial charge in [-0.25, -0.2) is 9.50 Å². The van der Waals surface area contributed by atoms with E-state index in [9.17, 15) is 0 Å². The highest BCUT2D eigenvalue weighted by Crippen LogP contribution is 2.27. The molecule has 0 saturated carbocycles. The summed E-state index contributed by atoms with van der Waals surface area (Å²) in [6.07, 6.45) is 4.29. The number of likely N-dealkylation sites (tertiary alicyclic amines) is 1. The molecule has 2 aromatic heterocycles. The first kappa shape index (κ1) is 12.1. The number of hydrogen-bond donors (Lipinski definition) is 0. The SMILES string of the molecule is CCN1CCC(c2nc3c(Br)cccn3n2)CC1. The van der Waals surface area contributed by atoms with Gasteiger partial charge in [0.05, 0.1) is 4.47 Å². The van der Waals surface area contributed by atoms with Crippen molar-refractivity contribution in [2.45, 2.75) is 25.7 Å². The largest absolute Gasteiger partial charge is 0.304 e. The Kier molecular flexibility index (Phi) is 3.35. The van der Waals surface area contributed by atoms with Gasteiger partial charge in [0, 0.05) is 12.1 Å². The summed E-state index contributed by atoms with van der Waals surface area (Å²) in [6, 6.07) is 3.99. The van der Waals surface area contributed by atoms with Gasteiger partial charge in [-0.2, -0.15) is 5.10 Å². The Balaban J connectivity index is 1.85. The summed E-state index contributed by atoms with van der Waals surface area (Å²) in [5, 5.41) is 4.61. The molecule has 0 aromatic carbocycles. The zero-order valence-electron chi connectivity index (χ0n) is 10.5. The number of nitrogens with zero attached hydrogens (tertiary/aromatic N) is 4. The van der Waals surface area contributed by atoms with E-state index in [1.165, 1.54) is 12.8 Å². The van der Waals surface area contributed by atoms with Crippen molar-refractivity contribution in [1.29, 1.82) is 0 Å². The fraction of sp³-hybridized carbons (Fsp3) is 0.538. The van der Waals surface area contributed by atoms with E-state index >= 15 is 0 Å². The average molecular weight is 309 g/mol. The Morgan fingerprint density at radius 3 is 2.83 bits per heavy atom. The zero-order valence-corrected chi connectivity index (χ0v) is 12.1. The highest BCUT2D eigenvalue weighted by atomic mass is 79.9. The van der Waals surface area contributed by atoms with Gasteiger partial charge in [0.25, 0.3) is 0 Å². The van der Waals surface area contributed by atoms with Crippen LogP contribution in [0.15, 0.2) is 22.8 Å². The van der Waals surface area contributed by atoms with Crippen molar-refractivity contribution in [3.8, 4) is 0 Å². The summed E-state index contributed by atoms with van der Waals surface area (Å²) in [4.78, 5) is 7.16. The second-order valence-corrected chi connectivity index (χ2v) is 5.66. The second kappa shape index (κ2) is 4.97. The number of aromatic nitrogens is 3. The molecule has 3 rings (SSSR count). The molecule has 96 valence electrons. The average Bonchev–Trinajstić information content (AvgIpc) is 2.84. The third kappa shape index (κ3) is 2.17. The predicted molar refractivity (Wildman–Crippen MR) is 74.8 cm³/mol. The molecule has 1 aliphatic heterocycles. The van der Waals surface area contributed by atoms with Crippen LogP contribution in [0, 0.1) is 0 Å². The Morgan fingerprint density at radius 2 is 2.17 bits per heavy atom. The number of piperidine rings is 1. The first-order valence-corrected chi connectivity index (χ1v) is 7.30. The van der Waals surface area contributed by atoms with Gasteiger partial charge in [-0.15, -0.1) is 0 Å². The lowest BCUT2D eigenvalue weighted by Crippen LogP contribution is -2.32. The molecule has 5 heteroatoms. The molecule has 0 spiro atoms. The zero-order chi connectivity index (χ0) is 12.5. The summed E-state index contributed by atoms with van der Waals surface area (Å²) in [6.45, 7) is 5.70. The number of hydrogen-bond acceptors (Lipinski definition) is 3. The van der Waals surface area contributed by atoms with Crippen molar-refractivity contribution in [3.63, 3.8) is 0 Å². The van der Waals surface area contributed by atoms with Crippen molar-refractivity contribution in [2.24, 2.45) is 0 Å². The molecule has 18 heavy (non-hydrogen) atoms. The fourth-order valence-corrected chi connectivity index (χ4v) is 2.99. The van der Waals surface area contributed by atoms with E-state index in [-0.39, 0.29) is 0 Å². The van der Waals surface area contributed by atoms with Crippen LogP contribution in [0.3, 0.4) is 0 Å². The van der Waals surface area contributed by atoms with E-state index < -0.39 is 0 Å². The van der Waals surface area contributed by atoms with Crippen LogP contribution in [0.25, 0.3) is 5.65 Å². The fourth-order valence-electron chi connectivity index (χ4n) is 2.57. The summed E-state index contributed by atoms with van der Waals surface area (Å²) in [5.41, 5.74) is 0.922. The lowest BCUT2D eigenvalue weighted by atomic mass is 9.96. The first-order chi connectivity index (χ1) is 8.78. The monoisotopic (exact) mass is 308 g/mol. The lowest BCUT2D eigenvalue weighted by Gasteiger charge is -2.29. The molecule has 0 atom stereocenters. The molecule has 0 aliphatic carbocycles. The van der Waals surface area contributed by atoms with Crippen LogP contribution in [-0.2, 0) is 0 Å². The van der Waals surface area contributed by atoms with Gasteiger partial charge in [-0.05, 0) is 60.5 Å². The van der Waals surface area contributed by atoms with Crippen molar-refractivity contribution in [3.05, 3.63) is 28.6 Å². The van der Waals surface area contributed by atoms with Crippen LogP contribution in [0.2, 0.25) is 0 Å². The second-order valence-electron chi connectivity index (χ2n) is 4.80. The number of fused-ring (bicyclic) bond motifs is 1. The Morgan fingerprint density at radius 1 is 1.39 bits per heavy atom. The van der Waals surface area contributed by atoms with Crippen molar-refractivity contribution in [2.75, 3.05) is 19.6 Å². The standard InChI is InChI=1S/C13H17BrN4/c1-2-17-8-5-10(6-9-17)12-15-13-11(14)4-3-7-18(13)16-12/h3-4,7,10H,2,5-6,8-9H2,1H3. The Hall–Kier alpha value is -0.940. The topological polar surface area (TPSA) is 33.4 Å². The molecule has 0 bridgehead atoms. The summed E-state index contributed by atoms with van der Waals surface area (Å²) in [5.74, 6) is 1.51. The molecule has 1 fully saturated rings. The van der Waals surface area contributed by atoms with Gasteiger partial charge in [-0.3, -0.25) is 0 Å². The smallest absolute Gasteiger partial charge is 0.169 e. The van der Waals surface area contributed by atoms with Gasteiger partial charge < -0.3 is 4.90 Å². The van der Waals surface area contributed by atoms with Gasteiger partial charge >= 0.3 is 0 Å². The normalized spacial score (nSPS) is 18.6. The summed E-state index contributed by atoms with van der Waals surface area (Å²) < 4.78 is 2.88. The van der Waals surface area contributed by atoms with E-state index in [0.717, 1.165) is 35.6 Å². The van der Waals surface area contributed by atoms with E-state index in [1.807, 2.05) is 22.8 Å². The molecule has 4 nitrogen and oxygen atoms in total. The maximum Gasteiger partial charge on any atom is 0.169 e. The van der Waals surface area contributed by atoms with Gasteiger partial charge in [0.2, 0.25) is 0 Å². The van der Waals surface area contributed by atoms with Crippen molar-refractivity contribution >= 4 is 21.6 Å². The molecule has 0 N–H and O–H groups in total. The highest BCUT2D eigenvalue weighted by molar-refractivity contribution is 9.10. The molecule has 3 heterocycles. The minimum absolute atomic E-state index is 0.514. The third-order valence-corrected chi connectivity index (χ3v) is 4.35. The van der Waals surface area contributed by atoms with Crippen LogP contribution in [0.5, 0.6) is 0 Å². The molecule has 2 aromatic rings. The van der Waals surface area contributed by atoms with Crippen LogP contribution < -0.4 is 0 Å². The van der Waals surface area contributed by atoms with Crippen molar-refractivity contribution < 1.29 is 0 Å². The Labute approximate surface area is 115 Å². The molecule has 0 amide bonds. The van der Waals surface area contributed by atoms with Crippen LogP contribution in [-0.4, -0.2) is 39.1 Å². The lowest BCUT2D eigenvalue weighted by molar-refractivity contribution is 0.219. The van der Waals surface area contributed by atoms with Gasteiger partial charge in [0.1, 0.15) is 0 Å². The van der Waals surface area contributed by atoms with Crippen LogP contribution in [0.1, 0.15) is 31.5 Å². The minimum Gasteiger partial charge on any atom is -0.304 e. The highest BCUT2D eigenvalue weighted by Gasteiger charge is 2.23. The number of halogens is 1. The molecular weight excluding hydrogens is 292 g/mol. The summed E-state index contributed by atoms with van der Waals surface area (Å²) >= 11 is 3.52. The van der Waals surface area contributed by atoms with E-state index in [2.05, 4.69) is 37.8 Å². The third-order valence-electron chi connectivity index (χ3n) is 3.73. The van der Waals surface area contributed by atoms with E-state index in [0.29, 0.717) is 5.92 Å². The van der Waals surface area contributed by atoms with E-state index in [4.69, 9.17) is 0 Å². The quantitative estimate of drug-likeness (QED) is 0.855. The maximum atomic E-state index is 4.67. The number of rotatable bonds is 2. The molecule has 0 radical (unpaired) electrons. The maximum absolute atomic E-state index is 4.67. The first-order valence-electron chi connectivity index (χ1n) is 6.51. The van der Waals surface area contributed by atoms with Crippen molar-refractivity contribution in [1.82, 2.24) is 19.5 Å². The van der Waals surface area contributed by atoms with Crippen LogP contribution >= 0.6 is 15.9 Å². The molecule has 0 unspecified atom stereocenters. The summed E-state index contributed by atoms with van der Waals surface area (Å²) in [7, 11) is 0. The van der Waals surface area contributed by atoms with Gasteiger partial charge in [-0.1, -0.05) is 6.92 Å². The van der Waals surface area contributed by atoms with E-state index in [1.54, 1.807) is 0 Å². The van der Waals surface area contributed by atoms with Gasteiger partial charge in [0.15, 0.2) is 11.5 Å². The molecule has 1 aliphatic rings. The predicted octanol–water partition coefficient (Wildman–Crippen LogP) is 2.69. The molecule has 1 saturated heterocycles. The minimum atomic E-state index is 0.514. The van der Waals surface area contributed by atoms with Crippen LogP contribution in [0.4, 0.5) is 0 Å².